The smallest absolute Gasteiger partial charge is 0.0123 e. The summed E-state index contributed by atoms with van der Waals surface area (Å²) in [5.74, 6) is 1.02. The van der Waals surface area contributed by atoms with Crippen molar-refractivity contribution in [2.24, 2.45) is 5.92 Å². The third-order valence-electron chi connectivity index (χ3n) is 4.00. The van der Waals surface area contributed by atoms with Crippen LogP contribution in [0, 0.1) is 5.92 Å². The lowest BCUT2D eigenvalue weighted by molar-refractivity contribution is 0.125. The van der Waals surface area contributed by atoms with Gasteiger partial charge in [0.2, 0.25) is 0 Å². The monoisotopic (exact) mass is 181 g/mol. The summed E-state index contributed by atoms with van der Waals surface area (Å²) < 4.78 is 0. The van der Waals surface area contributed by atoms with E-state index in [4.69, 9.17) is 0 Å². The minimum absolute atomic E-state index is 0.959. The minimum atomic E-state index is 0.959. The SMILES string of the molecule is CCC1CCCCC1N1CCCC1. The van der Waals surface area contributed by atoms with Gasteiger partial charge in [-0.15, -0.1) is 0 Å². The van der Waals surface area contributed by atoms with E-state index in [1.165, 1.54) is 58.0 Å². The van der Waals surface area contributed by atoms with Crippen LogP contribution in [0.25, 0.3) is 0 Å². The first-order valence-electron chi connectivity index (χ1n) is 6.16. The third kappa shape index (κ3) is 2.07. The van der Waals surface area contributed by atoms with Crippen molar-refractivity contribution < 1.29 is 0 Å². The summed E-state index contributed by atoms with van der Waals surface area (Å²) in [5.41, 5.74) is 0. The van der Waals surface area contributed by atoms with Crippen molar-refractivity contribution in [3.05, 3.63) is 0 Å². The highest BCUT2D eigenvalue weighted by atomic mass is 15.2. The van der Waals surface area contributed by atoms with Crippen LogP contribution in [0.4, 0.5) is 0 Å². The number of likely N-dealkylation sites (tertiary alicyclic amines) is 1. The Morgan fingerprint density at radius 1 is 1.00 bits per heavy atom. The van der Waals surface area contributed by atoms with Crippen molar-refractivity contribution in [1.29, 1.82) is 0 Å². The molecule has 1 nitrogen and oxygen atoms in total. The average Bonchev–Trinajstić information content (AvgIpc) is 2.70. The topological polar surface area (TPSA) is 3.24 Å². The molecule has 2 rings (SSSR count). The number of rotatable bonds is 2. The van der Waals surface area contributed by atoms with E-state index in [9.17, 15) is 0 Å². The van der Waals surface area contributed by atoms with E-state index in [0.717, 1.165) is 12.0 Å². The number of hydrogen-bond donors (Lipinski definition) is 0. The van der Waals surface area contributed by atoms with Gasteiger partial charge in [0.05, 0.1) is 0 Å². The van der Waals surface area contributed by atoms with Gasteiger partial charge in [-0.3, -0.25) is 0 Å². The fraction of sp³-hybridized carbons (Fsp3) is 1.00. The number of nitrogens with zero attached hydrogens (tertiary/aromatic N) is 1. The Hall–Kier alpha value is -0.0400. The molecule has 1 heterocycles. The summed E-state index contributed by atoms with van der Waals surface area (Å²) in [4.78, 5) is 2.77. The molecular formula is C12H23N. The maximum absolute atomic E-state index is 2.77. The highest BCUT2D eigenvalue weighted by Crippen LogP contribution is 2.32. The molecule has 1 aliphatic heterocycles. The standard InChI is InChI=1S/C12H23N/c1-2-11-7-3-4-8-12(11)13-9-5-6-10-13/h11-12H,2-10H2,1H3. The van der Waals surface area contributed by atoms with Gasteiger partial charge in [-0.2, -0.15) is 0 Å². The molecule has 0 aromatic heterocycles. The largest absolute Gasteiger partial charge is 0.300 e. The zero-order chi connectivity index (χ0) is 9.10. The number of hydrogen-bond acceptors (Lipinski definition) is 1. The van der Waals surface area contributed by atoms with Crippen LogP contribution in [0.2, 0.25) is 0 Å². The van der Waals surface area contributed by atoms with Crippen molar-refractivity contribution >= 4 is 0 Å². The second-order valence-corrected chi connectivity index (χ2v) is 4.76. The molecular weight excluding hydrogens is 158 g/mol. The maximum Gasteiger partial charge on any atom is 0.0123 e. The molecule has 1 saturated carbocycles. The molecule has 2 aliphatic rings. The van der Waals surface area contributed by atoms with Gasteiger partial charge in [0.15, 0.2) is 0 Å². The lowest BCUT2D eigenvalue weighted by Gasteiger charge is -2.37. The summed E-state index contributed by atoms with van der Waals surface area (Å²) in [7, 11) is 0. The Labute approximate surface area is 82.5 Å². The normalized spacial score (nSPS) is 36.7. The molecule has 1 heteroatoms. The molecule has 1 aliphatic carbocycles. The Kier molecular flexibility index (Phi) is 3.26. The van der Waals surface area contributed by atoms with Crippen molar-refractivity contribution in [3.8, 4) is 0 Å². The first-order chi connectivity index (χ1) is 6.42. The lowest BCUT2D eigenvalue weighted by atomic mass is 9.82. The third-order valence-corrected chi connectivity index (χ3v) is 4.00. The molecule has 1 saturated heterocycles. The van der Waals surface area contributed by atoms with Crippen LogP contribution in [-0.4, -0.2) is 24.0 Å². The Morgan fingerprint density at radius 3 is 2.38 bits per heavy atom. The van der Waals surface area contributed by atoms with Crippen molar-refractivity contribution in [2.45, 2.75) is 57.9 Å². The first kappa shape index (κ1) is 9.51. The molecule has 2 unspecified atom stereocenters. The van der Waals surface area contributed by atoms with Gasteiger partial charge < -0.3 is 4.90 Å². The maximum atomic E-state index is 2.77. The van der Waals surface area contributed by atoms with E-state index in [1.54, 1.807) is 0 Å². The molecule has 0 bridgehead atoms. The quantitative estimate of drug-likeness (QED) is 0.633. The van der Waals surface area contributed by atoms with Crippen LogP contribution >= 0.6 is 0 Å². The minimum Gasteiger partial charge on any atom is -0.300 e. The summed E-state index contributed by atoms with van der Waals surface area (Å²) in [6, 6.07) is 0.959. The first-order valence-corrected chi connectivity index (χ1v) is 6.16. The molecule has 0 aromatic carbocycles. The van der Waals surface area contributed by atoms with Gasteiger partial charge in [-0.25, -0.2) is 0 Å². The van der Waals surface area contributed by atoms with Crippen LogP contribution in [0.5, 0.6) is 0 Å². The van der Waals surface area contributed by atoms with Gasteiger partial charge in [0.25, 0.3) is 0 Å². The molecule has 0 spiro atoms. The summed E-state index contributed by atoms with van der Waals surface area (Å²) in [6.07, 6.45) is 10.3. The van der Waals surface area contributed by atoms with E-state index >= 15 is 0 Å². The van der Waals surface area contributed by atoms with Gasteiger partial charge in [0.1, 0.15) is 0 Å². The predicted molar refractivity (Wildman–Crippen MR) is 56.8 cm³/mol. The molecule has 0 aromatic rings. The molecule has 76 valence electrons. The van der Waals surface area contributed by atoms with Crippen LogP contribution in [0.3, 0.4) is 0 Å². The highest BCUT2D eigenvalue weighted by Gasteiger charge is 2.29. The van der Waals surface area contributed by atoms with Crippen LogP contribution < -0.4 is 0 Å². The van der Waals surface area contributed by atoms with Gasteiger partial charge in [-0.05, 0) is 44.7 Å². The van der Waals surface area contributed by atoms with E-state index in [2.05, 4.69) is 11.8 Å². The predicted octanol–water partition coefficient (Wildman–Crippen LogP) is 3.05. The zero-order valence-corrected chi connectivity index (χ0v) is 8.97. The molecule has 2 atom stereocenters. The van der Waals surface area contributed by atoms with E-state index < -0.39 is 0 Å². The van der Waals surface area contributed by atoms with Gasteiger partial charge in [-0.1, -0.05) is 26.2 Å². The fourth-order valence-corrected chi connectivity index (χ4v) is 3.22. The van der Waals surface area contributed by atoms with Gasteiger partial charge >= 0.3 is 0 Å². The Balaban J connectivity index is 1.93. The van der Waals surface area contributed by atoms with Crippen molar-refractivity contribution in [3.63, 3.8) is 0 Å². The van der Waals surface area contributed by atoms with Crippen LogP contribution in [0.15, 0.2) is 0 Å². The summed E-state index contributed by atoms with van der Waals surface area (Å²) >= 11 is 0. The van der Waals surface area contributed by atoms with E-state index in [-0.39, 0.29) is 0 Å². The second kappa shape index (κ2) is 4.45. The average molecular weight is 181 g/mol. The van der Waals surface area contributed by atoms with Crippen LogP contribution in [0.1, 0.15) is 51.9 Å². The second-order valence-electron chi connectivity index (χ2n) is 4.76. The lowest BCUT2D eigenvalue weighted by Crippen LogP contribution is -2.40. The van der Waals surface area contributed by atoms with Crippen molar-refractivity contribution in [1.82, 2.24) is 4.90 Å². The Morgan fingerprint density at radius 2 is 1.69 bits per heavy atom. The summed E-state index contributed by atoms with van der Waals surface area (Å²) in [5, 5.41) is 0. The molecule has 2 fully saturated rings. The fourth-order valence-electron chi connectivity index (χ4n) is 3.22. The molecule has 0 N–H and O–H groups in total. The zero-order valence-electron chi connectivity index (χ0n) is 8.97. The van der Waals surface area contributed by atoms with Gasteiger partial charge in [0, 0.05) is 6.04 Å². The molecule has 0 amide bonds. The van der Waals surface area contributed by atoms with Crippen molar-refractivity contribution in [2.75, 3.05) is 13.1 Å². The van der Waals surface area contributed by atoms with E-state index in [0.29, 0.717) is 0 Å². The molecule has 13 heavy (non-hydrogen) atoms. The molecule has 0 radical (unpaired) electrons. The summed E-state index contributed by atoms with van der Waals surface area (Å²) in [6.45, 7) is 5.15. The van der Waals surface area contributed by atoms with Crippen LogP contribution in [-0.2, 0) is 0 Å². The Bertz CT molecular complexity index is 147. The highest BCUT2D eigenvalue weighted by molar-refractivity contribution is 4.84. The van der Waals surface area contributed by atoms with E-state index in [1.807, 2.05) is 0 Å².